The van der Waals surface area contributed by atoms with E-state index in [0.717, 1.165) is 31.2 Å². The molecule has 1 amide bonds. The van der Waals surface area contributed by atoms with Crippen LogP contribution in [0, 0.1) is 11.8 Å². The monoisotopic (exact) mass is 349 g/mol. The Bertz CT molecular complexity index is 624. The molecule has 1 aromatic rings. The lowest BCUT2D eigenvalue weighted by molar-refractivity contribution is -0.153. The molecule has 0 bridgehead atoms. The van der Waals surface area contributed by atoms with Gasteiger partial charge < -0.3 is 9.64 Å². The van der Waals surface area contributed by atoms with Gasteiger partial charge in [-0.25, -0.2) is 0 Å². The molecule has 0 radical (unpaired) electrons. The number of hydrogen-bond acceptors (Lipinski definition) is 3. The van der Waals surface area contributed by atoms with E-state index >= 15 is 0 Å². The topological polar surface area (TPSA) is 46.6 Å². The van der Waals surface area contributed by atoms with Crippen LogP contribution in [0.25, 0.3) is 0 Å². The van der Waals surface area contributed by atoms with Crippen LogP contribution in [0.4, 0.5) is 0 Å². The quantitative estimate of drug-likeness (QED) is 0.785. The van der Waals surface area contributed by atoms with Gasteiger partial charge in [0, 0.05) is 18.1 Å². The number of piperidine rings is 1. The van der Waals surface area contributed by atoms with Crippen LogP contribution in [-0.4, -0.2) is 37.0 Å². The number of carbonyl (C=O) groups is 2. The second-order valence-corrected chi connectivity index (χ2v) is 7.53. The minimum absolute atomic E-state index is 0.150. The summed E-state index contributed by atoms with van der Waals surface area (Å²) in [5.41, 5.74) is 0.600. The fourth-order valence-corrected chi connectivity index (χ4v) is 4.07. The highest BCUT2D eigenvalue weighted by Crippen LogP contribution is 2.46. The maximum absolute atomic E-state index is 13.3. The van der Waals surface area contributed by atoms with Crippen LogP contribution in [0.2, 0.25) is 5.02 Å². The van der Waals surface area contributed by atoms with E-state index < -0.39 is 5.41 Å². The second-order valence-electron chi connectivity index (χ2n) is 7.09. The molecule has 4 nitrogen and oxygen atoms in total. The van der Waals surface area contributed by atoms with Crippen molar-refractivity contribution in [2.45, 2.75) is 38.0 Å². The number of amides is 1. The Morgan fingerprint density at radius 1 is 1.25 bits per heavy atom. The first-order valence-electron chi connectivity index (χ1n) is 8.61. The lowest BCUT2D eigenvalue weighted by Gasteiger charge is -2.46. The summed E-state index contributed by atoms with van der Waals surface area (Å²) in [4.78, 5) is 27.2. The zero-order valence-electron chi connectivity index (χ0n) is 14.3. The van der Waals surface area contributed by atoms with E-state index in [2.05, 4.69) is 6.92 Å². The van der Waals surface area contributed by atoms with E-state index in [1.165, 1.54) is 7.11 Å². The fraction of sp³-hybridized carbons (Fsp3) is 0.579. The molecule has 1 saturated carbocycles. The summed E-state index contributed by atoms with van der Waals surface area (Å²) in [6.45, 7) is 3.23. The Morgan fingerprint density at radius 2 is 1.92 bits per heavy atom. The predicted octanol–water partition coefficient (Wildman–Crippen LogP) is 3.42. The molecule has 1 aliphatic heterocycles. The van der Waals surface area contributed by atoms with Crippen LogP contribution in [0.3, 0.4) is 0 Å². The molecule has 3 rings (SSSR count). The number of esters is 1. The molecule has 5 heteroatoms. The Balaban J connectivity index is 1.81. The van der Waals surface area contributed by atoms with Crippen molar-refractivity contribution in [2.24, 2.45) is 11.8 Å². The third-order valence-electron chi connectivity index (χ3n) is 5.76. The first-order chi connectivity index (χ1) is 11.5. The van der Waals surface area contributed by atoms with Crippen LogP contribution in [0.1, 0.15) is 38.2 Å². The number of likely N-dealkylation sites (tertiary alicyclic amines) is 1. The summed E-state index contributed by atoms with van der Waals surface area (Å²) in [6, 6.07) is 7.62. The van der Waals surface area contributed by atoms with Crippen molar-refractivity contribution in [3.05, 3.63) is 34.9 Å². The molecular formula is C19H24ClNO3. The smallest absolute Gasteiger partial charge is 0.310 e. The molecule has 130 valence electrons. The molecule has 2 atom stereocenters. The molecule has 0 N–H and O–H groups in total. The van der Waals surface area contributed by atoms with Crippen molar-refractivity contribution in [3.63, 3.8) is 0 Å². The molecule has 2 fully saturated rings. The van der Waals surface area contributed by atoms with Gasteiger partial charge in [0.25, 0.3) is 0 Å². The number of carbonyl (C=O) groups excluding carboxylic acids is 2. The predicted molar refractivity (Wildman–Crippen MR) is 92.8 cm³/mol. The molecule has 0 unspecified atom stereocenters. The lowest BCUT2D eigenvalue weighted by Crippen LogP contribution is -2.55. The molecule has 24 heavy (non-hydrogen) atoms. The highest BCUT2D eigenvalue weighted by atomic mass is 35.5. The summed E-state index contributed by atoms with van der Waals surface area (Å²) in [5.74, 6) is -0.0459. The maximum atomic E-state index is 13.3. The van der Waals surface area contributed by atoms with E-state index in [4.69, 9.17) is 16.3 Å². The summed E-state index contributed by atoms with van der Waals surface area (Å²) in [6.07, 6.45) is 3.62. The molecule has 1 aliphatic carbocycles. The van der Waals surface area contributed by atoms with Crippen molar-refractivity contribution in [3.8, 4) is 0 Å². The summed E-state index contributed by atoms with van der Waals surface area (Å²) >= 11 is 5.99. The average Bonchev–Trinajstić information content (AvgIpc) is 2.55. The Kier molecular flexibility index (Phi) is 4.86. The van der Waals surface area contributed by atoms with Gasteiger partial charge in [-0.05, 0) is 42.9 Å². The van der Waals surface area contributed by atoms with Gasteiger partial charge >= 0.3 is 5.97 Å². The molecule has 2 aliphatic rings. The van der Waals surface area contributed by atoms with E-state index in [1.54, 1.807) is 0 Å². The minimum Gasteiger partial charge on any atom is -0.469 e. The van der Waals surface area contributed by atoms with E-state index in [1.807, 2.05) is 29.2 Å². The molecule has 1 saturated heterocycles. The van der Waals surface area contributed by atoms with Crippen LogP contribution in [0.15, 0.2) is 24.3 Å². The van der Waals surface area contributed by atoms with Crippen molar-refractivity contribution >= 4 is 23.5 Å². The molecule has 0 aromatic heterocycles. The van der Waals surface area contributed by atoms with Gasteiger partial charge in [0.2, 0.25) is 5.91 Å². The summed E-state index contributed by atoms with van der Waals surface area (Å²) in [7, 11) is 1.41. The van der Waals surface area contributed by atoms with Gasteiger partial charge in [0.15, 0.2) is 0 Å². The highest BCUT2D eigenvalue weighted by molar-refractivity contribution is 6.30. The van der Waals surface area contributed by atoms with Gasteiger partial charge in [-0.2, -0.15) is 0 Å². The second kappa shape index (κ2) is 6.75. The number of benzene rings is 1. The average molecular weight is 350 g/mol. The first-order valence-corrected chi connectivity index (χ1v) is 8.99. The largest absolute Gasteiger partial charge is 0.469 e. The zero-order chi connectivity index (χ0) is 17.3. The van der Waals surface area contributed by atoms with Crippen LogP contribution in [0.5, 0.6) is 0 Å². The van der Waals surface area contributed by atoms with Gasteiger partial charge in [0.05, 0.1) is 18.4 Å². The van der Waals surface area contributed by atoms with E-state index in [-0.39, 0.29) is 23.7 Å². The Labute approximate surface area is 148 Å². The number of halogens is 1. The van der Waals surface area contributed by atoms with Crippen molar-refractivity contribution in [1.29, 1.82) is 0 Å². The lowest BCUT2D eigenvalue weighted by atomic mass is 9.63. The van der Waals surface area contributed by atoms with E-state index in [9.17, 15) is 9.59 Å². The normalized spacial score (nSPS) is 25.7. The first kappa shape index (κ1) is 17.3. The number of nitrogens with zero attached hydrogens (tertiary/aromatic N) is 1. The van der Waals surface area contributed by atoms with Crippen LogP contribution < -0.4 is 0 Å². The third-order valence-corrected chi connectivity index (χ3v) is 6.01. The third kappa shape index (κ3) is 2.92. The van der Waals surface area contributed by atoms with Crippen molar-refractivity contribution in [1.82, 2.24) is 4.90 Å². The van der Waals surface area contributed by atoms with Crippen molar-refractivity contribution in [2.75, 3.05) is 20.2 Å². The maximum Gasteiger partial charge on any atom is 0.310 e. The standard InChI is InChI=1S/C19H24ClNO3/c1-13-8-11-21(12-16(13)17(22)24-2)18(23)19(9-3-10-19)14-4-6-15(20)7-5-14/h4-7,13,16H,3,8-12H2,1-2H3/t13-,16-/m1/s1. The van der Waals surface area contributed by atoms with Gasteiger partial charge in [0.1, 0.15) is 0 Å². The van der Waals surface area contributed by atoms with E-state index in [0.29, 0.717) is 18.1 Å². The SMILES string of the molecule is COC(=O)[C@@H]1CN(C(=O)C2(c3ccc(Cl)cc3)CCC2)CC[C@H]1C. The van der Waals surface area contributed by atoms with Crippen LogP contribution in [-0.2, 0) is 19.7 Å². The molecule has 1 heterocycles. The van der Waals surface area contributed by atoms with Crippen LogP contribution >= 0.6 is 11.6 Å². The van der Waals surface area contributed by atoms with Crippen molar-refractivity contribution < 1.29 is 14.3 Å². The fourth-order valence-electron chi connectivity index (χ4n) is 3.94. The number of hydrogen-bond donors (Lipinski definition) is 0. The Morgan fingerprint density at radius 3 is 2.46 bits per heavy atom. The summed E-state index contributed by atoms with van der Waals surface area (Å²) in [5, 5.41) is 0.679. The van der Waals surface area contributed by atoms with Gasteiger partial charge in [-0.1, -0.05) is 37.1 Å². The number of ether oxygens (including phenoxy) is 1. The molecular weight excluding hydrogens is 326 g/mol. The van der Waals surface area contributed by atoms with Gasteiger partial charge in [-0.3, -0.25) is 9.59 Å². The summed E-state index contributed by atoms with van der Waals surface area (Å²) < 4.78 is 4.92. The molecule has 0 spiro atoms. The number of methoxy groups -OCH3 is 1. The highest BCUT2D eigenvalue weighted by Gasteiger charge is 2.49. The minimum atomic E-state index is -0.439. The number of rotatable bonds is 3. The van der Waals surface area contributed by atoms with Gasteiger partial charge in [-0.15, -0.1) is 0 Å². The molecule has 1 aromatic carbocycles. The zero-order valence-corrected chi connectivity index (χ0v) is 15.0. The Hall–Kier alpha value is -1.55.